The summed E-state index contributed by atoms with van der Waals surface area (Å²) in [6.07, 6.45) is 3.79. The van der Waals surface area contributed by atoms with E-state index >= 15 is 0 Å². The summed E-state index contributed by atoms with van der Waals surface area (Å²) >= 11 is 0. The van der Waals surface area contributed by atoms with Crippen molar-refractivity contribution in [3.05, 3.63) is 77.9 Å². The van der Waals surface area contributed by atoms with E-state index in [1.807, 2.05) is 24.3 Å². The van der Waals surface area contributed by atoms with Crippen LogP contribution in [0, 0.1) is 11.6 Å². The predicted octanol–water partition coefficient (Wildman–Crippen LogP) is 4.14. The van der Waals surface area contributed by atoms with Crippen molar-refractivity contribution in [1.82, 2.24) is 4.90 Å². The molecule has 3 nitrogen and oxygen atoms in total. The van der Waals surface area contributed by atoms with Gasteiger partial charge in [0.2, 0.25) is 0 Å². The van der Waals surface area contributed by atoms with E-state index in [4.69, 9.17) is 0 Å². The van der Waals surface area contributed by atoms with Crippen LogP contribution in [0.2, 0.25) is 0 Å². The molecule has 2 aliphatic rings. The average molecular weight is 368 g/mol. The van der Waals surface area contributed by atoms with Gasteiger partial charge in [0.05, 0.1) is 5.56 Å². The monoisotopic (exact) mass is 368 g/mol. The van der Waals surface area contributed by atoms with Gasteiger partial charge in [0.1, 0.15) is 11.6 Å². The van der Waals surface area contributed by atoms with Crippen molar-refractivity contribution in [2.24, 2.45) is 0 Å². The molecule has 0 bridgehead atoms. The van der Waals surface area contributed by atoms with E-state index in [0.29, 0.717) is 6.54 Å². The molecule has 1 amide bonds. The Bertz CT molecular complexity index is 888. The molecule has 2 aromatic rings. The van der Waals surface area contributed by atoms with Crippen LogP contribution in [0.5, 0.6) is 0 Å². The predicted molar refractivity (Wildman–Crippen MR) is 102 cm³/mol. The molecule has 0 unspecified atom stereocenters. The van der Waals surface area contributed by atoms with Gasteiger partial charge in [0.25, 0.3) is 5.91 Å². The maximum Gasteiger partial charge on any atom is 0.261 e. The summed E-state index contributed by atoms with van der Waals surface area (Å²) in [7, 11) is 0. The third-order valence-electron chi connectivity index (χ3n) is 5.83. The molecule has 0 aliphatic carbocycles. The van der Waals surface area contributed by atoms with E-state index in [0.717, 1.165) is 55.9 Å². The molecule has 0 saturated carbocycles. The lowest BCUT2D eigenvalue weighted by atomic mass is 9.74. The summed E-state index contributed by atoms with van der Waals surface area (Å²) in [5.74, 6) is -1.92. The van der Waals surface area contributed by atoms with Gasteiger partial charge in [-0.05, 0) is 49.7 Å². The molecular formula is C22H22F2N2O. The first kappa shape index (κ1) is 17.9. The minimum absolute atomic E-state index is 0.0904. The van der Waals surface area contributed by atoms with Crippen LogP contribution in [0.1, 0.15) is 28.8 Å². The van der Waals surface area contributed by atoms with Crippen molar-refractivity contribution in [3.8, 4) is 0 Å². The van der Waals surface area contributed by atoms with E-state index < -0.39 is 17.5 Å². The maximum atomic E-state index is 14.2. The largest absolute Gasteiger partial charge is 0.307 e. The Kier molecular flexibility index (Phi) is 4.56. The highest BCUT2D eigenvalue weighted by Gasteiger charge is 2.46. The summed E-state index contributed by atoms with van der Waals surface area (Å²) in [5, 5.41) is 0. The number of carbonyl (C=O) groups excluding carboxylic acids is 1. The maximum absolute atomic E-state index is 14.2. The molecule has 0 atom stereocenters. The standard InChI is InChI=1S/C22H22F2N2O/c1-2-11-25-12-9-22(10-13-25)15-26(20-6-4-3-5-18(20)22)21(27)17-8-7-16(23)14-19(17)24/h2-8,14H,1,9-13,15H2. The van der Waals surface area contributed by atoms with Gasteiger partial charge < -0.3 is 4.90 Å². The second-order valence-corrected chi connectivity index (χ2v) is 7.40. The second-order valence-electron chi connectivity index (χ2n) is 7.40. The Morgan fingerprint density at radius 1 is 1.15 bits per heavy atom. The highest BCUT2D eigenvalue weighted by molar-refractivity contribution is 6.08. The van der Waals surface area contributed by atoms with Crippen molar-refractivity contribution >= 4 is 11.6 Å². The zero-order valence-electron chi connectivity index (χ0n) is 15.1. The Morgan fingerprint density at radius 2 is 1.89 bits per heavy atom. The van der Waals surface area contributed by atoms with Gasteiger partial charge in [-0.2, -0.15) is 0 Å². The first-order valence-corrected chi connectivity index (χ1v) is 9.24. The molecule has 140 valence electrons. The van der Waals surface area contributed by atoms with E-state index in [1.54, 1.807) is 4.90 Å². The Labute approximate surface area is 157 Å². The SMILES string of the molecule is C=CCN1CCC2(CC1)CN(C(=O)c1ccc(F)cc1F)c1ccccc12. The fraction of sp³-hybridized carbons (Fsp3) is 0.318. The molecule has 1 saturated heterocycles. The molecule has 0 N–H and O–H groups in total. The first-order chi connectivity index (χ1) is 13.0. The number of anilines is 1. The number of halogens is 2. The normalized spacial score (nSPS) is 18.5. The van der Waals surface area contributed by atoms with Crippen molar-refractivity contribution in [3.63, 3.8) is 0 Å². The minimum Gasteiger partial charge on any atom is -0.307 e. The van der Waals surface area contributed by atoms with E-state index in [9.17, 15) is 13.6 Å². The Balaban J connectivity index is 1.66. The number of hydrogen-bond acceptors (Lipinski definition) is 2. The summed E-state index contributed by atoms with van der Waals surface area (Å²) < 4.78 is 27.4. The van der Waals surface area contributed by atoms with Gasteiger partial charge in [-0.15, -0.1) is 6.58 Å². The van der Waals surface area contributed by atoms with E-state index in [1.165, 1.54) is 6.07 Å². The highest BCUT2D eigenvalue weighted by Crippen LogP contribution is 2.47. The number of fused-ring (bicyclic) bond motifs is 2. The summed E-state index contributed by atoms with van der Waals surface area (Å²) in [6, 6.07) is 11.0. The number of benzene rings is 2. The summed E-state index contributed by atoms with van der Waals surface area (Å²) in [6.45, 7) is 7.08. The number of piperidine rings is 1. The third-order valence-corrected chi connectivity index (χ3v) is 5.83. The molecule has 1 spiro atoms. The Hall–Kier alpha value is -2.53. The quantitative estimate of drug-likeness (QED) is 0.760. The van der Waals surface area contributed by atoms with Gasteiger partial charge in [-0.25, -0.2) is 8.78 Å². The minimum atomic E-state index is -0.820. The molecule has 2 heterocycles. The molecule has 27 heavy (non-hydrogen) atoms. The number of amides is 1. The van der Waals surface area contributed by atoms with Gasteiger partial charge in [0.15, 0.2) is 0 Å². The molecule has 1 fully saturated rings. The molecule has 2 aliphatic heterocycles. The smallest absolute Gasteiger partial charge is 0.261 e. The van der Waals surface area contributed by atoms with Crippen molar-refractivity contribution in [2.75, 3.05) is 31.1 Å². The number of nitrogens with zero attached hydrogens (tertiary/aromatic N) is 2. The lowest BCUT2D eigenvalue weighted by Crippen LogP contribution is -2.46. The van der Waals surface area contributed by atoms with Crippen LogP contribution in [0.25, 0.3) is 0 Å². The van der Waals surface area contributed by atoms with Gasteiger partial charge in [0, 0.05) is 30.3 Å². The number of likely N-dealkylation sites (tertiary alicyclic amines) is 1. The fourth-order valence-electron chi connectivity index (χ4n) is 4.39. The van der Waals surface area contributed by atoms with Crippen LogP contribution in [0.4, 0.5) is 14.5 Å². The topological polar surface area (TPSA) is 23.6 Å². The zero-order valence-corrected chi connectivity index (χ0v) is 15.1. The van der Waals surface area contributed by atoms with Crippen LogP contribution in [0.3, 0.4) is 0 Å². The summed E-state index contributed by atoms with van der Waals surface area (Å²) in [5.41, 5.74) is 1.79. The van der Waals surface area contributed by atoms with Crippen molar-refractivity contribution < 1.29 is 13.6 Å². The molecule has 5 heteroatoms. The lowest BCUT2D eigenvalue weighted by molar-refractivity contribution is 0.0974. The van der Waals surface area contributed by atoms with Crippen LogP contribution >= 0.6 is 0 Å². The first-order valence-electron chi connectivity index (χ1n) is 9.24. The molecule has 0 aromatic heterocycles. The van der Waals surface area contributed by atoms with E-state index in [-0.39, 0.29) is 11.0 Å². The fourth-order valence-corrected chi connectivity index (χ4v) is 4.39. The van der Waals surface area contributed by atoms with Gasteiger partial charge in [-0.1, -0.05) is 24.3 Å². The highest BCUT2D eigenvalue weighted by atomic mass is 19.1. The lowest BCUT2D eigenvalue weighted by Gasteiger charge is -2.39. The molecule has 0 radical (unpaired) electrons. The molecular weight excluding hydrogens is 346 g/mol. The molecule has 4 rings (SSSR count). The van der Waals surface area contributed by atoms with Crippen LogP contribution < -0.4 is 4.90 Å². The van der Waals surface area contributed by atoms with Crippen LogP contribution in [-0.4, -0.2) is 37.0 Å². The number of carbonyl (C=O) groups is 1. The number of rotatable bonds is 3. The van der Waals surface area contributed by atoms with Crippen molar-refractivity contribution in [1.29, 1.82) is 0 Å². The van der Waals surface area contributed by atoms with Crippen LogP contribution in [0.15, 0.2) is 55.1 Å². The van der Waals surface area contributed by atoms with Gasteiger partial charge in [-0.3, -0.25) is 9.69 Å². The second kappa shape index (κ2) is 6.89. The van der Waals surface area contributed by atoms with Gasteiger partial charge >= 0.3 is 0 Å². The number of hydrogen-bond donors (Lipinski definition) is 0. The average Bonchev–Trinajstić information content (AvgIpc) is 2.98. The van der Waals surface area contributed by atoms with Crippen LogP contribution in [-0.2, 0) is 5.41 Å². The summed E-state index contributed by atoms with van der Waals surface area (Å²) in [4.78, 5) is 17.1. The zero-order chi connectivity index (χ0) is 19.0. The Morgan fingerprint density at radius 3 is 2.59 bits per heavy atom. The third kappa shape index (κ3) is 3.06. The number of para-hydroxylation sites is 1. The van der Waals surface area contributed by atoms with Crippen molar-refractivity contribution in [2.45, 2.75) is 18.3 Å². The van der Waals surface area contributed by atoms with E-state index in [2.05, 4.69) is 17.5 Å². The molecule has 2 aromatic carbocycles.